The largest absolute Gasteiger partial charge is 0.495 e. The maximum Gasteiger partial charge on any atom is 0.255 e. The van der Waals surface area contributed by atoms with Crippen molar-refractivity contribution in [2.45, 2.75) is 0 Å². The van der Waals surface area contributed by atoms with E-state index >= 15 is 0 Å². The first-order valence-electron chi connectivity index (χ1n) is 6.51. The SMILES string of the molecule is COc1ccc(NC(=O)c2cccc(I)c2)cc1NS(C)(=O)=O. The fraction of sp³-hybridized carbons (Fsp3) is 0.133. The van der Waals surface area contributed by atoms with E-state index in [0.717, 1.165) is 9.83 Å². The van der Waals surface area contributed by atoms with Crippen molar-refractivity contribution in [1.29, 1.82) is 0 Å². The number of methoxy groups -OCH3 is 1. The van der Waals surface area contributed by atoms with Gasteiger partial charge in [0.1, 0.15) is 5.75 Å². The van der Waals surface area contributed by atoms with Crippen molar-refractivity contribution in [3.05, 3.63) is 51.6 Å². The fourth-order valence-corrected chi connectivity index (χ4v) is 3.00. The first kappa shape index (κ1) is 17.5. The van der Waals surface area contributed by atoms with Crippen molar-refractivity contribution >= 4 is 49.9 Å². The average molecular weight is 446 g/mol. The molecule has 0 spiro atoms. The van der Waals surface area contributed by atoms with Crippen LogP contribution in [0.4, 0.5) is 11.4 Å². The van der Waals surface area contributed by atoms with Gasteiger partial charge in [-0.25, -0.2) is 8.42 Å². The van der Waals surface area contributed by atoms with E-state index in [1.807, 2.05) is 6.07 Å². The summed E-state index contributed by atoms with van der Waals surface area (Å²) in [5.41, 5.74) is 1.24. The highest BCUT2D eigenvalue weighted by Gasteiger charge is 2.11. The molecule has 2 aromatic carbocycles. The number of halogens is 1. The van der Waals surface area contributed by atoms with Crippen LogP contribution in [0.15, 0.2) is 42.5 Å². The van der Waals surface area contributed by atoms with Crippen LogP contribution in [0.5, 0.6) is 5.75 Å². The van der Waals surface area contributed by atoms with E-state index in [0.29, 0.717) is 17.0 Å². The van der Waals surface area contributed by atoms with Crippen molar-refractivity contribution in [3.8, 4) is 5.75 Å². The molecule has 0 unspecified atom stereocenters. The Hall–Kier alpha value is -1.81. The van der Waals surface area contributed by atoms with Crippen molar-refractivity contribution in [2.24, 2.45) is 0 Å². The minimum atomic E-state index is -3.46. The summed E-state index contributed by atoms with van der Waals surface area (Å²) in [6.07, 6.45) is 1.05. The van der Waals surface area contributed by atoms with Crippen LogP contribution >= 0.6 is 22.6 Å². The summed E-state index contributed by atoms with van der Waals surface area (Å²) in [4.78, 5) is 12.2. The molecule has 1 amide bonds. The van der Waals surface area contributed by atoms with Gasteiger partial charge in [-0.2, -0.15) is 0 Å². The van der Waals surface area contributed by atoms with Gasteiger partial charge in [-0.1, -0.05) is 6.07 Å². The summed E-state index contributed by atoms with van der Waals surface area (Å²) in [6.45, 7) is 0. The molecule has 2 aromatic rings. The highest BCUT2D eigenvalue weighted by molar-refractivity contribution is 14.1. The molecule has 0 fully saturated rings. The molecule has 122 valence electrons. The van der Waals surface area contributed by atoms with E-state index in [2.05, 4.69) is 32.6 Å². The number of hydrogen-bond acceptors (Lipinski definition) is 4. The van der Waals surface area contributed by atoms with E-state index in [-0.39, 0.29) is 11.6 Å². The molecule has 0 bridgehead atoms. The Balaban J connectivity index is 2.26. The van der Waals surface area contributed by atoms with Crippen LogP contribution in [0.3, 0.4) is 0 Å². The fourth-order valence-electron chi connectivity index (χ4n) is 1.90. The maximum atomic E-state index is 12.2. The Kier molecular flexibility index (Phi) is 5.47. The Morgan fingerprint density at radius 2 is 1.91 bits per heavy atom. The number of sulfonamides is 1. The molecule has 0 aromatic heterocycles. The van der Waals surface area contributed by atoms with Gasteiger partial charge in [0, 0.05) is 14.8 Å². The summed E-state index contributed by atoms with van der Waals surface area (Å²) < 4.78 is 31.2. The molecule has 0 saturated heterocycles. The summed E-state index contributed by atoms with van der Waals surface area (Å²) in [5.74, 6) is 0.0849. The average Bonchev–Trinajstić information content (AvgIpc) is 2.46. The molecule has 0 atom stereocenters. The number of carbonyl (C=O) groups is 1. The monoisotopic (exact) mass is 446 g/mol. The van der Waals surface area contributed by atoms with Crippen LogP contribution < -0.4 is 14.8 Å². The van der Waals surface area contributed by atoms with Gasteiger partial charge in [0.15, 0.2) is 0 Å². The molecule has 0 radical (unpaired) electrons. The summed E-state index contributed by atoms with van der Waals surface area (Å²) in [7, 11) is -2.02. The topological polar surface area (TPSA) is 84.5 Å². The summed E-state index contributed by atoms with van der Waals surface area (Å²) in [5, 5.41) is 2.73. The third-order valence-electron chi connectivity index (χ3n) is 2.84. The number of carbonyl (C=O) groups excluding carboxylic acids is 1. The molecule has 0 heterocycles. The summed E-state index contributed by atoms with van der Waals surface area (Å²) in [6, 6.07) is 11.9. The highest BCUT2D eigenvalue weighted by atomic mass is 127. The van der Waals surface area contributed by atoms with Gasteiger partial charge in [0.25, 0.3) is 5.91 Å². The van der Waals surface area contributed by atoms with E-state index in [1.54, 1.807) is 30.3 Å². The third kappa shape index (κ3) is 5.10. The van der Waals surface area contributed by atoms with Crippen LogP contribution in [0.2, 0.25) is 0 Å². The second-order valence-electron chi connectivity index (χ2n) is 4.75. The number of rotatable bonds is 5. The second-order valence-corrected chi connectivity index (χ2v) is 7.75. The van der Waals surface area contributed by atoms with E-state index < -0.39 is 10.0 Å². The molecule has 0 saturated carbocycles. The zero-order chi connectivity index (χ0) is 17.0. The van der Waals surface area contributed by atoms with Crippen LogP contribution in [0.1, 0.15) is 10.4 Å². The number of hydrogen-bond donors (Lipinski definition) is 2. The lowest BCUT2D eigenvalue weighted by molar-refractivity contribution is 0.102. The smallest absolute Gasteiger partial charge is 0.255 e. The van der Waals surface area contributed by atoms with Crippen molar-refractivity contribution in [2.75, 3.05) is 23.4 Å². The van der Waals surface area contributed by atoms with Gasteiger partial charge in [0.05, 0.1) is 19.1 Å². The molecule has 6 nitrogen and oxygen atoms in total. The molecule has 23 heavy (non-hydrogen) atoms. The first-order valence-corrected chi connectivity index (χ1v) is 9.48. The standard InChI is InChI=1S/C15H15IN2O4S/c1-22-14-7-6-12(9-13(14)18-23(2,20)21)17-15(19)10-4-3-5-11(16)8-10/h3-9,18H,1-2H3,(H,17,19). The van der Waals surface area contributed by atoms with E-state index in [1.165, 1.54) is 13.2 Å². The van der Waals surface area contributed by atoms with Gasteiger partial charge in [-0.15, -0.1) is 0 Å². The Morgan fingerprint density at radius 1 is 1.17 bits per heavy atom. The molecular formula is C15H15IN2O4S. The molecule has 8 heteroatoms. The van der Waals surface area contributed by atoms with Gasteiger partial charge in [-0.05, 0) is 59.0 Å². The van der Waals surface area contributed by atoms with Gasteiger partial charge in [0.2, 0.25) is 10.0 Å². The van der Waals surface area contributed by atoms with E-state index in [4.69, 9.17) is 4.74 Å². The van der Waals surface area contributed by atoms with Gasteiger partial charge < -0.3 is 10.1 Å². The molecule has 2 rings (SSSR count). The minimum Gasteiger partial charge on any atom is -0.495 e. The first-order chi connectivity index (χ1) is 10.8. The van der Waals surface area contributed by atoms with E-state index in [9.17, 15) is 13.2 Å². The lowest BCUT2D eigenvalue weighted by Crippen LogP contribution is -2.14. The quantitative estimate of drug-likeness (QED) is 0.692. The lowest BCUT2D eigenvalue weighted by Gasteiger charge is -2.12. The van der Waals surface area contributed by atoms with Crippen LogP contribution in [0, 0.1) is 3.57 Å². The van der Waals surface area contributed by atoms with Crippen molar-refractivity contribution in [1.82, 2.24) is 0 Å². The third-order valence-corrected chi connectivity index (χ3v) is 4.10. The van der Waals surface area contributed by atoms with Crippen molar-refractivity contribution in [3.63, 3.8) is 0 Å². The maximum absolute atomic E-state index is 12.2. The summed E-state index contributed by atoms with van der Waals surface area (Å²) >= 11 is 2.13. The Labute approximate surface area is 148 Å². The number of nitrogens with one attached hydrogen (secondary N) is 2. The minimum absolute atomic E-state index is 0.260. The zero-order valence-corrected chi connectivity index (χ0v) is 15.4. The number of benzene rings is 2. The second kappa shape index (κ2) is 7.18. The lowest BCUT2D eigenvalue weighted by atomic mass is 10.2. The molecule has 0 aliphatic rings. The molecular weight excluding hydrogens is 431 g/mol. The van der Waals surface area contributed by atoms with Crippen molar-refractivity contribution < 1.29 is 17.9 Å². The van der Waals surface area contributed by atoms with Crippen LogP contribution in [-0.4, -0.2) is 27.7 Å². The molecule has 2 N–H and O–H groups in total. The Morgan fingerprint density at radius 3 is 2.52 bits per heavy atom. The van der Waals surface area contributed by atoms with Gasteiger partial charge >= 0.3 is 0 Å². The number of ether oxygens (including phenoxy) is 1. The molecule has 0 aliphatic carbocycles. The Bertz CT molecular complexity index is 837. The zero-order valence-electron chi connectivity index (χ0n) is 12.5. The predicted molar refractivity (Wildman–Crippen MR) is 98.6 cm³/mol. The normalized spacial score (nSPS) is 10.9. The number of amides is 1. The van der Waals surface area contributed by atoms with Gasteiger partial charge in [-0.3, -0.25) is 9.52 Å². The predicted octanol–water partition coefficient (Wildman–Crippen LogP) is 2.92. The molecule has 0 aliphatic heterocycles. The van der Waals surface area contributed by atoms with Crippen LogP contribution in [-0.2, 0) is 10.0 Å². The highest BCUT2D eigenvalue weighted by Crippen LogP contribution is 2.28. The number of anilines is 2. The van der Waals surface area contributed by atoms with Crippen LogP contribution in [0.25, 0.3) is 0 Å².